The van der Waals surface area contributed by atoms with Crippen molar-refractivity contribution in [1.82, 2.24) is 0 Å². The van der Waals surface area contributed by atoms with Crippen LogP contribution in [0, 0.1) is 17.7 Å². The van der Waals surface area contributed by atoms with Crippen LogP contribution in [0.2, 0.25) is 5.02 Å². The summed E-state index contributed by atoms with van der Waals surface area (Å²) in [6.45, 7) is 2.66. The minimum absolute atomic E-state index is 0.346. The normalized spacial score (nSPS) is 10.2. The summed E-state index contributed by atoms with van der Waals surface area (Å²) in [6.07, 6.45) is 1.92. The van der Waals surface area contributed by atoms with Gasteiger partial charge in [-0.1, -0.05) is 47.7 Å². The fourth-order valence-corrected chi connectivity index (χ4v) is 2.85. The van der Waals surface area contributed by atoms with Crippen LogP contribution in [0.15, 0.2) is 66.7 Å². The van der Waals surface area contributed by atoms with Crippen LogP contribution in [0.5, 0.6) is 5.75 Å². The zero-order valence-corrected chi connectivity index (χ0v) is 15.9. The predicted molar refractivity (Wildman–Crippen MR) is 109 cm³/mol. The van der Waals surface area contributed by atoms with Crippen molar-refractivity contribution in [3.8, 4) is 17.6 Å². The van der Waals surface area contributed by atoms with Gasteiger partial charge in [-0.25, -0.2) is 4.39 Å². The summed E-state index contributed by atoms with van der Waals surface area (Å²) in [7, 11) is 0. The minimum atomic E-state index is -0.401. The van der Waals surface area contributed by atoms with Crippen molar-refractivity contribution >= 4 is 11.6 Å². The quantitative estimate of drug-likeness (QED) is 0.490. The number of rotatable bonds is 5. The Balaban J connectivity index is 1.59. The van der Waals surface area contributed by atoms with E-state index in [-0.39, 0.29) is 0 Å². The first-order valence-corrected chi connectivity index (χ1v) is 9.29. The summed E-state index contributed by atoms with van der Waals surface area (Å²) in [6, 6.07) is 20.8. The van der Waals surface area contributed by atoms with Gasteiger partial charge in [0.05, 0.1) is 12.2 Å². The molecule has 0 N–H and O–H groups in total. The number of halogens is 2. The molecule has 0 aliphatic heterocycles. The molecule has 0 radical (unpaired) electrons. The Labute approximate surface area is 164 Å². The third-order valence-corrected chi connectivity index (χ3v) is 4.40. The molecule has 3 aromatic rings. The van der Waals surface area contributed by atoms with Crippen molar-refractivity contribution in [2.24, 2.45) is 0 Å². The van der Waals surface area contributed by atoms with Crippen molar-refractivity contribution in [1.29, 1.82) is 0 Å². The van der Waals surface area contributed by atoms with E-state index in [0.29, 0.717) is 17.2 Å². The maximum absolute atomic E-state index is 13.8. The van der Waals surface area contributed by atoms with Gasteiger partial charge in [0.15, 0.2) is 0 Å². The van der Waals surface area contributed by atoms with Crippen LogP contribution >= 0.6 is 11.6 Å². The second-order valence-corrected chi connectivity index (χ2v) is 6.58. The molecule has 0 aromatic heterocycles. The molecule has 0 atom stereocenters. The van der Waals surface area contributed by atoms with E-state index in [9.17, 15) is 4.39 Å². The van der Waals surface area contributed by atoms with Gasteiger partial charge < -0.3 is 4.74 Å². The first kappa shape index (κ1) is 19.0. The lowest BCUT2D eigenvalue weighted by molar-refractivity contribution is 0.340. The summed E-state index contributed by atoms with van der Waals surface area (Å²) in [4.78, 5) is 0. The smallest absolute Gasteiger partial charge is 0.140 e. The molecular weight excluding hydrogens is 359 g/mol. The van der Waals surface area contributed by atoms with E-state index in [2.05, 4.69) is 36.1 Å². The van der Waals surface area contributed by atoms with Gasteiger partial charge in [0.1, 0.15) is 11.6 Å². The molecule has 0 spiro atoms. The molecule has 0 fully saturated rings. The van der Waals surface area contributed by atoms with Crippen molar-refractivity contribution in [2.75, 3.05) is 6.61 Å². The molecule has 1 nitrogen and oxygen atoms in total. The second kappa shape index (κ2) is 9.26. The van der Waals surface area contributed by atoms with E-state index in [1.165, 1.54) is 17.2 Å². The average molecular weight is 379 g/mol. The van der Waals surface area contributed by atoms with Gasteiger partial charge in [-0.2, -0.15) is 0 Å². The molecule has 0 bridgehead atoms. The third kappa shape index (κ3) is 5.61. The summed E-state index contributed by atoms with van der Waals surface area (Å²) in [5.41, 5.74) is 3.72. The van der Waals surface area contributed by atoms with Crippen LogP contribution in [0.4, 0.5) is 4.39 Å². The van der Waals surface area contributed by atoms with Gasteiger partial charge in [-0.15, -0.1) is 0 Å². The number of benzene rings is 3. The van der Waals surface area contributed by atoms with Crippen LogP contribution in [-0.4, -0.2) is 6.61 Å². The average Bonchev–Trinajstić information content (AvgIpc) is 2.68. The monoisotopic (exact) mass is 378 g/mol. The van der Waals surface area contributed by atoms with Gasteiger partial charge in [0.25, 0.3) is 0 Å². The Morgan fingerprint density at radius 2 is 1.48 bits per heavy atom. The summed E-state index contributed by atoms with van der Waals surface area (Å²) >= 11 is 5.75. The van der Waals surface area contributed by atoms with E-state index in [0.717, 1.165) is 24.2 Å². The molecule has 3 rings (SSSR count). The molecule has 0 heterocycles. The third-order valence-electron chi connectivity index (χ3n) is 4.16. The lowest BCUT2D eigenvalue weighted by Crippen LogP contribution is -1.94. The number of aryl methyl sites for hydroxylation is 2. The summed E-state index contributed by atoms with van der Waals surface area (Å²) in [5, 5.41) is 0.370. The highest BCUT2D eigenvalue weighted by molar-refractivity contribution is 6.30. The topological polar surface area (TPSA) is 9.23 Å². The largest absolute Gasteiger partial charge is 0.494 e. The van der Waals surface area contributed by atoms with Gasteiger partial charge in [0.2, 0.25) is 0 Å². The number of hydrogen-bond donors (Lipinski definition) is 0. The predicted octanol–water partition coefficient (Wildman–Crippen LogP) is 6.06. The Morgan fingerprint density at radius 3 is 2.07 bits per heavy atom. The molecule has 136 valence electrons. The summed E-state index contributed by atoms with van der Waals surface area (Å²) < 4.78 is 19.2. The Bertz CT molecular complexity index is 950. The summed E-state index contributed by atoms with van der Waals surface area (Å²) in [5.74, 6) is 6.35. The SMILES string of the molecule is CCOc1ccc(CCc2ccc(C#Cc3ccc(Cl)cc3F)cc2)cc1. The fraction of sp³-hybridized carbons (Fsp3) is 0.167. The van der Waals surface area contributed by atoms with Crippen molar-refractivity contribution in [3.05, 3.63) is 99.8 Å². The molecule has 0 amide bonds. The molecule has 3 aromatic carbocycles. The zero-order valence-electron chi connectivity index (χ0n) is 15.1. The van der Waals surface area contributed by atoms with Gasteiger partial charge >= 0.3 is 0 Å². The standard InChI is InChI=1S/C24H20ClFO/c1-2-27-23-15-10-20(11-16-23)8-5-18-3-6-19(7-4-18)9-12-21-13-14-22(25)17-24(21)26/h3-4,6-7,10-11,13-17H,2,5,8H2,1H3. The van der Waals surface area contributed by atoms with Crippen LogP contribution in [0.25, 0.3) is 0 Å². The molecule has 0 aliphatic rings. The molecule has 3 heteroatoms. The van der Waals surface area contributed by atoms with Crippen LogP contribution in [0.3, 0.4) is 0 Å². The molecule has 27 heavy (non-hydrogen) atoms. The first-order valence-electron chi connectivity index (χ1n) is 8.92. The maximum atomic E-state index is 13.8. The fourth-order valence-electron chi connectivity index (χ4n) is 2.69. The van der Waals surface area contributed by atoms with Crippen LogP contribution < -0.4 is 4.74 Å². The van der Waals surface area contributed by atoms with Gasteiger partial charge in [-0.3, -0.25) is 0 Å². The molecule has 0 unspecified atom stereocenters. The van der Waals surface area contributed by atoms with E-state index < -0.39 is 5.82 Å². The lowest BCUT2D eigenvalue weighted by atomic mass is 10.0. The van der Waals surface area contributed by atoms with E-state index in [1.54, 1.807) is 12.1 Å². The van der Waals surface area contributed by atoms with Crippen molar-refractivity contribution in [3.63, 3.8) is 0 Å². The highest BCUT2D eigenvalue weighted by atomic mass is 35.5. The highest BCUT2D eigenvalue weighted by Gasteiger charge is 2.00. The molecular formula is C24H20ClFO. The Hall–Kier alpha value is -2.76. The second-order valence-electron chi connectivity index (χ2n) is 6.15. The van der Waals surface area contributed by atoms with Crippen LogP contribution in [0.1, 0.15) is 29.2 Å². The lowest BCUT2D eigenvalue weighted by Gasteiger charge is -2.05. The minimum Gasteiger partial charge on any atom is -0.494 e. The highest BCUT2D eigenvalue weighted by Crippen LogP contribution is 2.15. The van der Waals surface area contributed by atoms with Crippen LogP contribution in [-0.2, 0) is 12.8 Å². The maximum Gasteiger partial charge on any atom is 0.140 e. The molecule has 0 saturated heterocycles. The van der Waals surface area contributed by atoms with Gasteiger partial charge in [-0.05, 0) is 73.4 Å². The number of hydrogen-bond acceptors (Lipinski definition) is 1. The van der Waals surface area contributed by atoms with Crippen molar-refractivity contribution < 1.29 is 9.13 Å². The van der Waals surface area contributed by atoms with E-state index >= 15 is 0 Å². The zero-order chi connectivity index (χ0) is 19.1. The molecule has 0 saturated carbocycles. The number of ether oxygens (including phenoxy) is 1. The van der Waals surface area contributed by atoms with Gasteiger partial charge in [0, 0.05) is 10.6 Å². The van der Waals surface area contributed by atoms with E-state index in [1.807, 2.05) is 31.2 Å². The van der Waals surface area contributed by atoms with Crippen molar-refractivity contribution in [2.45, 2.75) is 19.8 Å². The first-order chi connectivity index (χ1) is 13.1. The van der Waals surface area contributed by atoms with E-state index in [4.69, 9.17) is 16.3 Å². The Kier molecular flexibility index (Phi) is 6.52. The molecule has 0 aliphatic carbocycles. The Morgan fingerprint density at radius 1 is 0.852 bits per heavy atom.